The fourth-order valence-corrected chi connectivity index (χ4v) is 3.07. The molecule has 1 N–H and O–H groups in total. The van der Waals surface area contributed by atoms with Gasteiger partial charge in [0.1, 0.15) is 0 Å². The van der Waals surface area contributed by atoms with Crippen LogP contribution in [0.15, 0.2) is 64.6 Å². The van der Waals surface area contributed by atoms with Gasteiger partial charge in [0.05, 0.1) is 18.1 Å². The van der Waals surface area contributed by atoms with Crippen molar-refractivity contribution >= 4 is 34.5 Å². The van der Waals surface area contributed by atoms with Gasteiger partial charge in [0.2, 0.25) is 0 Å². The summed E-state index contributed by atoms with van der Waals surface area (Å²) in [5.74, 6) is 0.752. The van der Waals surface area contributed by atoms with E-state index in [-0.39, 0.29) is 0 Å². The molecule has 0 aliphatic carbocycles. The first-order valence-electron chi connectivity index (χ1n) is 7.83. The van der Waals surface area contributed by atoms with Crippen LogP contribution >= 0.6 is 22.6 Å². The highest BCUT2D eigenvalue weighted by Crippen LogP contribution is 2.20. The second-order valence-electron chi connectivity index (χ2n) is 5.90. The van der Waals surface area contributed by atoms with Gasteiger partial charge < -0.3 is 9.32 Å². The molecule has 0 radical (unpaired) electrons. The quantitative estimate of drug-likeness (QED) is 0.345. The van der Waals surface area contributed by atoms with Gasteiger partial charge in [-0.15, -0.1) is 0 Å². The van der Waals surface area contributed by atoms with E-state index < -0.39 is 0 Å². The summed E-state index contributed by atoms with van der Waals surface area (Å²) in [5.41, 5.74) is 7.33. The van der Waals surface area contributed by atoms with Crippen LogP contribution in [-0.4, -0.2) is 30.2 Å². The van der Waals surface area contributed by atoms with Crippen molar-refractivity contribution in [3.63, 3.8) is 0 Å². The normalized spacial score (nSPS) is 11.4. The zero-order valence-electron chi connectivity index (χ0n) is 14.1. The predicted octanol–water partition coefficient (Wildman–Crippen LogP) is 4.45. The number of halogens is 1. The van der Waals surface area contributed by atoms with Crippen molar-refractivity contribution in [2.24, 2.45) is 5.10 Å². The molecule has 128 valence electrons. The SMILES string of the molecule is CN(C)Cc1ccc(C=NNc2ccc(-c3cnco3)cc2)cc1I. The van der Waals surface area contributed by atoms with Crippen molar-refractivity contribution in [1.29, 1.82) is 0 Å². The van der Waals surface area contributed by atoms with Gasteiger partial charge in [-0.05, 0) is 78.1 Å². The molecule has 3 aromatic rings. The molecule has 25 heavy (non-hydrogen) atoms. The first-order valence-corrected chi connectivity index (χ1v) is 8.91. The minimum absolute atomic E-state index is 0.752. The first-order chi connectivity index (χ1) is 12.1. The number of hydrazone groups is 1. The van der Waals surface area contributed by atoms with Crippen molar-refractivity contribution in [3.8, 4) is 11.3 Å². The lowest BCUT2D eigenvalue weighted by Crippen LogP contribution is -2.11. The number of oxazole rings is 1. The summed E-state index contributed by atoms with van der Waals surface area (Å²) in [7, 11) is 4.14. The number of anilines is 1. The van der Waals surface area contributed by atoms with Crippen LogP contribution in [0.1, 0.15) is 11.1 Å². The summed E-state index contributed by atoms with van der Waals surface area (Å²) in [5, 5.41) is 4.31. The lowest BCUT2D eigenvalue weighted by atomic mass is 10.1. The largest absolute Gasteiger partial charge is 0.444 e. The zero-order chi connectivity index (χ0) is 17.6. The molecule has 1 heterocycles. The van der Waals surface area contributed by atoms with E-state index in [1.807, 2.05) is 30.5 Å². The Labute approximate surface area is 160 Å². The van der Waals surface area contributed by atoms with Crippen LogP contribution in [0.4, 0.5) is 5.69 Å². The Balaban J connectivity index is 1.62. The van der Waals surface area contributed by atoms with E-state index in [9.17, 15) is 0 Å². The third-order valence-corrected chi connectivity index (χ3v) is 4.58. The molecule has 0 saturated heterocycles. The maximum absolute atomic E-state index is 5.28. The third-order valence-electron chi connectivity index (χ3n) is 3.57. The standard InChI is InChI=1S/C19H19IN4O/c1-24(2)12-16-4-3-14(9-18(16)20)10-22-23-17-7-5-15(6-8-17)19-11-21-13-25-19/h3-11,13,23H,12H2,1-2H3. The Morgan fingerprint density at radius 2 is 2.00 bits per heavy atom. The number of nitrogens with one attached hydrogen (secondary N) is 1. The average Bonchev–Trinajstić information content (AvgIpc) is 3.12. The number of hydrogen-bond donors (Lipinski definition) is 1. The smallest absolute Gasteiger partial charge is 0.181 e. The number of hydrogen-bond acceptors (Lipinski definition) is 5. The Morgan fingerprint density at radius 3 is 2.64 bits per heavy atom. The molecule has 3 rings (SSSR count). The van der Waals surface area contributed by atoms with Crippen LogP contribution < -0.4 is 5.43 Å². The van der Waals surface area contributed by atoms with Crippen LogP contribution in [0.5, 0.6) is 0 Å². The van der Waals surface area contributed by atoms with E-state index in [0.717, 1.165) is 29.1 Å². The fraction of sp³-hybridized carbons (Fsp3) is 0.158. The van der Waals surface area contributed by atoms with Crippen molar-refractivity contribution < 1.29 is 4.42 Å². The molecule has 2 aromatic carbocycles. The highest BCUT2D eigenvalue weighted by molar-refractivity contribution is 14.1. The summed E-state index contributed by atoms with van der Waals surface area (Å²) in [6.45, 7) is 0.936. The molecule has 0 amide bonds. The summed E-state index contributed by atoms with van der Waals surface area (Å²) in [6.07, 6.45) is 4.95. The summed E-state index contributed by atoms with van der Waals surface area (Å²) in [6, 6.07) is 14.2. The van der Waals surface area contributed by atoms with E-state index in [4.69, 9.17) is 4.42 Å². The van der Waals surface area contributed by atoms with Gasteiger partial charge in [0.25, 0.3) is 0 Å². The van der Waals surface area contributed by atoms with Gasteiger partial charge in [0.15, 0.2) is 12.2 Å². The van der Waals surface area contributed by atoms with Crippen molar-refractivity contribution in [2.45, 2.75) is 6.54 Å². The van der Waals surface area contributed by atoms with Crippen LogP contribution in [0.3, 0.4) is 0 Å². The Kier molecular flexibility index (Phi) is 5.83. The van der Waals surface area contributed by atoms with Gasteiger partial charge in [-0.25, -0.2) is 4.98 Å². The minimum Gasteiger partial charge on any atom is -0.444 e. The van der Waals surface area contributed by atoms with Crippen molar-refractivity contribution in [3.05, 3.63) is 69.8 Å². The predicted molar refractivity (Wildman–Crippen MR) is 110 cm³/mol. The average molecular weight is 446 g/mol. The second-order valence-corrected chi connectivity index (χ2v) is 7.06. The molecule has 0 bridgehead atoms. The van der Waals surface area contributed by atoms with Crippen LogP contribution in [0.25, 0.3) is 11.3 Å². The zero-order valence-corrected chi connectivity index (χ0v) is 16.3. The minimum atomic E-state index is 0.752. The molecule has 1 aromatic heterocycles. The molecule has 0 unspecified atom stereocenters. The lowest BCUT2D eigenvalue weighted by Gasteiger charge is -2.11. The maximum atomic E-state index is 5.28. The highest BCUT2D eigenvalue weighted by Gasteiger charge is 2.02. The molecule has 0 spiro atoms. The monoisotopic (exact) mass is 446 g/mol. The van der Waals surface area contributed by atoms with E-state index in [2.05, 4.69) is 75.3 Å². The summed E-state index contributed by atoms with van der Waals surface area (Å²) < 4.78 is 6.52. The molecule has 0 aliphatic heterocycles. The number of benzene rings is 2. The Hall–Kier alpha value is -2.19. The van der Waals surface area contributed by atoms with E-state index in [1.54, 1.807) is 6.20 Å². The molecule has 6 heteroatoms. The maximum Gasteiger partial charge on any atom is 0.181 e. The van der Waals surface area contributed by atoms with E-state index >= 15 is 0 Å². The highest BCUT2D eigenvalue weighted by atomic mass is 127. The third kappa shape index (κ3) is 4.90. The molecule has 0 atom stereocenters. The Bertz CT molecular complexity index is 842. The summed E-state index contributed by atoms with van der Waals surface area (Å²) >= 11 is 2.37. The number of rotatable bonds is 6. The molecule has 0 fully saturated rings. The molecular formula is C19H19IN4O. The van der Waals surface area contributed by atoms with Crippen LogP contribution in [0.2, 0.25) is 0 Å². The van der Waals surface area contributed by atoms with Gasteiger partial charge >= 0.3 is 0 Å². The first kappa shape index (κ1) is 17.6. The Morgan fingerprint density at radius 1 is 1.20 bits per heavy atom. The fourth-order valence-electron chi connectivity index (χ4n) is 2.36. The van der Waals surface area contributed by atoms with Gasteiger partial charge in [-0.2, -0.15) is 5.10 Å². The van der Waals surface area contributed by atoms with Crippen molar-refractivity contribution in [2.75, 3.05) is 19.5 Å². The molecule has 0 aliphatic rings. The van der Waals surface area contributed by atoms with Crippen molar-refractivity contribution in [1.82, 2.24) is 9.88 Å². The number of aromatic nitrogens is 1. The second kappa shape index (κ2) is 8.26. The summed E-state index contributed by atoms with van der Waals surface area (Å²) in [4.78, 5) is 6.09. The van der Waals surface area contributed by atoms with Gasteiger partial charge in [0, 0.05) is 15.7 Å². The topological polar surface area (TPSA) is 53.7 Å². The van der Waals surface area contributed by atoms with Crippen LogP contribution in [0, 0.1) is 3.57 Å². The van der Waals surface area contributed by atoms with E-state index in [0.29, 0.717) is 0 Å². The lowest BCUT2D eigenvalue weighted by molar-refractivity contribution is 0.401. The van der Waals surface area contributed by atoms with Crippen LogP contribution in [-0.2, 0) is 6.54 Å². The molecular weight excluding hydrogens is 427 g/mol. The van der Waals surface area contributed by atoms with Gasteiger partial charge in [-0.1, -0.05) is 12.1 Å². The van der Waals surface area contributed by atoms with Gasteiger partial charge in [-0.3, -0.25) is 5.43 Å². The number of nitrogens with zero attached hydrogens (tertiary/aromatic N) is 3. The molecule has 0 saturated carbocycles. The van der Waals surface area contributed by atoms with E-state index in [1.165, 1.54) is 15.5 Å². The molecule has 5 nitrogen and oxygen atoms in total.